The smallest absolute Gasteiger partial charge is 0.150 e. The van der Waals surface area contributed by atoms with Crippen LogP contribution in [0.25, 0.3) is 0 Å². The maximum atomic E-state index is 10.6. The molecule has 0 aliphatic heterocycles. The fraction of sp³-hybridized carbons (Fsp3) is 0.300. The van der Waals surface area contributed by atoms with Gasteiger partial charge in [-0.2, -0.15) is 0 Å². The maximum absolute atomic E-state index is 10.6. The molecule has 1 N–H and O–H groups in total. The zero-order valence-electron chi connectivity index (χ0n) is 8.04. The van der Waals surface area contributed by atoms with Crippen molar-refractivity contribution in [1.29, 1.82) is 0 Å². The fourth-order valence-electron chi connectivity index (χ4n) is 0.989. The molecule has 15 heavy (non-hydrogen) atoms. The lowest BCUT2D eigenvalue weighted by molar-refractivity contribution is 0.112. The van der Waals surface area contributed by atoms with Gasteiger partial charge in [-0.1, -0.05) is 0 Å². The van der Waals surface area contributed by atoms with E-state index >= 15 is 0 Å². The zero-order chi connectivity index (χ0) is 11.4. The van der Waals surface area contributed by atoms with E-state index in [-0.39, 0.29) is 6.61 Å². The van der Waals surface area contributed by atoms with Gasteiger partial charge in [-0.05, 0) is 50.9 Å². The van der Waals surface area contributed by atoms with Crippen LogP contribution < -0.4 is 4.74 Å². The minimum absolute atomic E-state index is 0.206. The Morgan fingerprint density at radius 1 is 1.47 bits per heavy atom. The number of aliphatic hydroxyl groups is 1. The van der Waals surface area contributed by atoms with Crippen LogP contribution in [0.1, 0.15) is 17.3 Å². The van der Waals surface area contributed by atoms with Gasteiger partial charge in [-0.25, -0.2) is 0 Å². The summed E-state index contributed by atoms with van der Waals surface area (Å²) in [6.45, 7) is 1.85. The van der Waals surface area contributed by atoms with Gasteiger partial charge in [0, 0.05) is 5.56 Å². The quantitative estimate of drug-likeness (QED) is 0.859. The van der Waals surface area contributed by atoms with E-state index in [1.54, 1.807) is 19.1 Å². The SMILES string of the molecule is CC(O)COc1c(Br)cc(C=O)cc1Br. The van der Waals surface area contributed by atoms with Crippen molar-refractivity contribution in [1.82, 2.24) is 0 Å². The van der Waals surface area contributed by atoms with Crippen LogP contribution in [0.4, 0.5) is 0 Å². The molecule has 1 atom stereocenters. The summed E-state index contributed by atoms with van der Waals surface area (Å²) < 4.78 is 6.73. The van der Waals surface area contributed by atoms with E-state index in [0.717, 1.165) is 6.29 Å². The molecule has 1 unspecified atom stereocenters. The van der Waals surface area contributed by atoms with Gasteiger partial charge < -0.3 is 9.84 Å². The third kappa shape index (κ3) is 3.59. The number of carbonyl (C=O) groups is 1. The molecule has 3 nitrogen and oxygen atoms in total. The van der Waals surface area contributed by atoms with Crippen molar-refractivity contribution < 1.29 is 14.6 Å². The van der Waals surface area contributed by atoms with E-state index in [9.17, 15) is 4.79 Å². The first-order chi connectivity index (χ1) is 7.04. The Morgan fingerprint density at radius 2 is 2.00 bits per heavy atom. The molecular formula is C10H10Br2O3. The number of aldehydes is 1. The van der Waals surface area contributed by atoms with Gasteiger partial charge in [-0.3, -0.25) is 4.79 Å². The summed E-state index contributed by atoms with van der Waals surface area (Å²) in [5, 5.41) is 9.08. The molecule has 5 heteroatoms. The highest BCUT2D eigenvalue weighted by Gasteiger charge is 2.09. The van der Waals surface area contributed by atoms with Gasteiger partial charge >= 0.3 is 0 Å². The molecule has 1 aromatic carbocycles. The molecule has 0 aromatic heterocycles. The molecule has 1 aromatic rings. The summed E-state index contributed by atoms with van der Waals surface area (Å²) >= 11 is 6.59. The Labute approximate surface area is 105 Å². The Morgan fingerprint density at radius 3 is 2.40 bits per heavy atom. The number of halogens is 2. The lowest BCUT2D eigenvalue weighted by atomic mass is 10.2. The van der Waals surface area contributed by atoms with Crippen molar-refractivity contribution in [2.24, 2.45) is 0 Å². The van der Waals surface area contributed by atoms with E-state index in [4.69, 9.17) is 9.84 Å². The summed E-state index contributed by atoms with van der Waals surface area (Å²) in [7, 11) is 0. The van der Waals surface area contributed by atoms with Crippen molar-refractivity contribution in [2.75, 3.05) is 6.61 Å². The fourth-order valence-corrected chi connectivity index (χ4v) is 2.44. The lowest BCUT2D eigenvalue weighted by Gasteiger charge is -2.12. The Kier molecular flexibility index (Phi) is 4.76. The predicted octanol–water partition coefficient (Wildman–Crippen LogP) is 2.78. The Hall–Kier alpha value is -0.390. The standard InChI is InChI=1S/C10H10Br2O3/c1-6(14)5-15-10-8(11)2-7(4-13)3-9(10)12/h2-4,6,14H,5H2,1H3. The topological polar surface area (TPSA) is 46.5 Å². The molecule has 0 amide bonds. The van der Waals surface area contributed by atoms with Gasteiger partial charge in [0.2, 0.25) is 0 Å². The number of hydrogen-bond acceptors (Lipinski definition) is 3. The van der Waals surface area contributed by atoms with E-state index < -0.39 is 6.10 Å². The van der Waals surface area contributed by atoms with Crippen LogP contribution in [0.15, 0.2) is 21.1 Å². The van der Waals surface area contributed by atoms with Crippen LogP contribution in [-0.4, -0.2) is 24.1 Å². The van der Waals surface area contributed by atoms with Crippen LogP contribution in [0.3, 0.4) is 0 Å². The predicted molar refractivity (Wildman–Crippen MR) is 64.4 cm³/mol. The Bertz CT molecular complexity index is 341. The minimum Gasteiger partial charge on any atom is -0.489 e. The molecular weight excluding hydrogens is 328 g/mol. The summed E-state index contributed by atoms with van der Waals surface area (Å²) in [5.74, 6) is 0.585. The number of aliphatic hydroxyl groups excluding tert-OH is 1. The lowest BCUT2D eigenvalue weighted by Crippen LogP contribution is -2.13. The van der Waals surface area contributed by atoms with E-state index in [1.807, 2.05) is 0 Å². The van der Waals surface area contributed by atoms with Crippen LogP contribution in [0.5, 0.6) is 5.75 Å². The summed E-state index contributed by atoms with van der Waals surface area (Å²) in [5.41, 5.74) is 0.554. The Balaban J connectivity index is 2.93. The maximum Gasteiger partial charge on any atom is 0.150 e. The van der Waals surface area contributed by atoms with Crippen molar-refractivity contribution in [3.05, 3.63) is 26.6 Å². The first kappa shape index (κ1) is 12.7. The second-order valence-electron chi connectivity index (χ2n) is 3.09. The highest BCUT2D eigenvalue weighted by Crippen LogP contribution is 2.34. The first-order valence-electron chi connectivity index (χ1n) is 4.29. The minimum atomic E-state index is -0.533. The second-order valence-corrected chi connectivity index (χ2v) is 4.80. The molecule has 0 fully saturated rings. The average molecular weight is 338 g/mol. The van der Waals surface area contributed by atoms with Gasteiger partial charge in [0.1, 0.15) is 18.6 Å². The van der Waals surface area contributed by atoms with Crippen LogP contribution >= 0.6 is 31.9 Å². The van der Waals surface area contributed by atoms with Crippen molar-refractivity contribution in [3.8, 4) is 5.75 Å². The number of hydrogen-bond donors (Lipinski definition) is 1. The molecule has 0 saturated carbocycles. The number of benzene rings is 1. The van der Waals surface area contributed by atoms with Crippen LogP contribution in [-0.2, 0) is 0 Å². The van der Waals surface area contributed by atoms with E-state index in [2.05, 4.69) is 31.9 Å². The number of carbonyl (C=O) groups excluding carboxylic acids is 1. The molecule has 0 saturated heterocycles. The summed E-state index contributed by atoms with van der Waals surface area (Å²) in [4.78, 5) is 10.6. The third-order valence-corrected chi connectivity index (χ3v) is 2.80. The second kappa shape index (κ2) is 5.63. The first-order valence-corrected chi connectivity index (χ1v) is 5.88. The monoisotopic (exact) mass is 336 g/mol. The third-order valence-electron chi connectivity index (χ3n) is 1.63. The van der Waals surface area contributed by atoms with Gasteiger partial charge in [0.25, 0.3) is 0 Å². The van der Waals surface area contributed by atoms with Gasteiger partial charge in [0.05, 0.1) is 15.0 Å². The van der Waals surface area contributed by atoms with Crippen molar-refractivity contribution in [3.63, 3.8) is 0 Å². The molecule has 0 aliphatic carbocycles. The van der Waals surface area contributed by atoms with Crippen molar-refractivity contribution in [2.45, 2.75) is 13.0 Å². The molecule has 0 spiro atoms. The van der Waals surface area contributed by atoms with Gasteiger partial charge in [0.15, 0.2) is 0 Å². The molecule has 0 radical (unpaired) electrons. The number of rotatable bonds is 4. The van der Waals surface area contributed by atoms with Gasteiger partial charge in [-0.15, -0.1) is 0 Å². The van der Waals surface area contributed by atoms with Crippen LogP contribution in [0, 0.1) is 0 Å². The van der Waals surface area contributed by atoms with Crippen molar-refractivity contribution >= 4 is 38.1 Å². The molecule has 1 rings (SSSR count). The highest BCUT2D eigenvalue weighted by atomic mass is 79.9. The largest absolute Gasteiger partial charge is 0.489 e. The average Bonchev–Trinajstić information content (AvgIpc) is 2.15. The van der Waals surface area contributed by atoms with E-state index in [0.29, 0.717) is 20.3 Å². The molecule has 0 aliphatic rings. The number of ether oxygens (including phenoxy) is 1. The van der Waals surface area contributed by atoms with Crippen LogP contribution in [0.2, 0.25) is 0 Å². The molecule has 82 valence electrons. The molecule has 0 bridgehead atoms. The van der Waals surface area contributed by atoms with E-state index in [1.165, 1.54) is 0 Å². The zero-order valence-corrected chi connectivity index (χ0v) is 11.2. The normalized spacial score (nSPS) is 12.3. The summed E-state index contributed by atoms with van der Waals surface area (Å²) in [6, 6.07) is 3.32. The molecule has 0 heterocycles. The highest BCUT2D eigenvalue weighted by molar-refractivity contribution is 9.11. The summed E-state index contributed by atoms with van der Waals surface area (Å²) in [6.07, 6.45) is 0.225.